The lowest BCUT2D eigenvalue weighted by atomic mass is 9.46. The molecule has 0 amide bonds. The molecule has 15 aliphatic rings. The van der Waals surface area contributed by atoms with Crippen molar-refractivity contribution in [2.75, 3.05) is 66.1 Å². The normalized spacial score (nSPS) is 40.5. The Labute approximate surface area is 739 Å². The van der Waals surface area contributed by atoms with Crippen molar-refractivity contribution >= 4 is 0 Å². The highest BCUT2D eigenvalue weighted by atomic mass is 16.7. The molecule has 17 heteroatoms. The topological polar surface area (TPSA) is 172 Å². The molecule has 4 unspecified atom stereocenters. The lowest BCUT2D eigenvalue weighted by Crippen LogP contribution is -2.62. The van der Waals surface area contributed by atoms with E-state index < -0.39 is 0 Å². The van der Waals surface area contributed by atoms with E-state index >= 15 is 0 Å². The first-order valence-corrected chi connectivity index (χ1v) is 48.8. The van der Waals surface area contributed by atoms with Crippen molar-refractivity contribution in [1.82, 2.24) is 19.9 Å². The van der Waals surface area contributed by atoms with Gasteiger partial charge < -0.3 is 61.6 Å². The molecule has 10 aliphatic carbocycles. The summed E-state index contributed by atoms with van der Waals surface area (Å²) >= 11 is 0. The Kier molecular flexibility index (Phi) is 28.8. The maximum absolute atomic E-state index is 6.75. The lowest BCUT2D eigenvalue weighted by molar-refractivity contribution is -0.322. The number of fused-ring (bicyclic) bond motifs is 12. The highest BCUT2D eigenvalue weighted by molar-refractivity contribution is 5.26. The predicted octanol–water partition coefficient (Wildman–Crippen LogP) is 23.4. The molecule has 24 atom stereocenters. The first-order chi connectivity index (χ1) is 59.4. The van der Waals surface area contributed by atoms with Gasteiger partial charge in [-0.25, -0.2) is 0 Å². The molecule has 0 spiro atoms. The van der Waals surface area contributed by atoms with Crippen LogP contribution < -0.4 is 18.9 Å². The highest BCUT2D eigenvalue weighted by Gasteiger charge is 2.66. The Morgan fingerprint density at radius 2 is 0.593 bits per heavy atom. The van der Waals surface area contributed by atoms with Crippen LogP contribution in [0.2, 0.25) is 0 Å². The van der Waals surface area contributed by atoms with Crippen LogP contribution in [-0.4, -0.2) is 136 Å². The summed E-state index contributed by atoms with van der Waals surface area (Å²) in [5.41, 5.74) is 6.96. The Morgan fingerprint density at radius 1 is 0.325 bits per heavy atom. The number of allylic oxidation sites excluding steroid dienone is 4. The maximum atomic E-state index is 6.75. The van der Waals surface area contributed by atoms with Crippen molar-refractivity contribution in [3.63, 3.8) is 0 Å². The highest BCUT2D eigenvalue weighted by Crippen LogP contribution is 2.69. The molecule has 0 bridgehead atoms. The Bertz CT molecular complexity index is 3970. The van der Waals surface area contributed by atoms with Gasteiger partial charge in [0.05, 0.1) is 77.3 Å². The minimum atomic E-state index is -0.0550. The van der Waals surface area contributed by atoms with Crippen LogP contribution in [-0.2, 0) is 42.6 Å². The van der Waals surface area contributed by atoms with E-state index in [1.807, 2.05) is 48.5 Å². The molecular formula is C106H154N4O13. The van der Waals surface area contributed by atoms with Gasteiger partial charge in [-0.2, -0.15) is 0 Å². The van der Waals surface area contributed by atoms with Crippen LogP contribution in [0.4, 0.5) is 0 Å². The van der Waals surface area contributed by atoms with E-state index in [9.17, 15) is 0 Å². The fourth-order valence-corrected chi connectivity index (χ4v) is 28.7. The van der Waals surface area contributed by atoms with Crippen LogP contribution in [0.15, 0.2) is 147 Å². The number of ether oxygens (including phenoxy) is 13. The van der Waals surface area contributed by atoms with Crippen molar-refractivity contribution in [2.24, 2.45) is 114 Å². The van der Waals surface area contributed by atoms with Gasteiger partial charge in [0.1, 0.15) is 23.0 Å². The molecule has 0 aromatic carbocycles. The summed E-state index contributed by atoms with van der Waals surface area (Å²) in [5.74, 6) is 10.1. The average molecular weight is 1690 g/mol. The molecule has 0 N–H and O–H groups in total. The third kappa shape index (κ3) is 18.8. The minimum Gasteiger partial charge on any atom is -0.493 e. The monoisotopic (exact) mass is 1690 g/mol. The maximum Gasteiger partial charge on any atom is 0.160 e. The first kappa shape index (κ1) is 90.7. The molecule has 17 nitrogen and oxygen atoms in total. The van der Waals surface area contributed by atoms with Crippen molar-refractivity contribution in [2.45, 2.75) is 311 Å². The Balaban J connectivity index is 0.000000122. The van der Waals surface area contributed by atoms with E-state index in [0.29, 0.717) is 95.4 Å². The lowest BCUT2D eigenvalue weighted by Gasteiger charge is -2.63. The molecule has 0 radical (unpaired) electrons. The van der Waals surface area contributed by atoms with Gasteiger partial charge in [0, 0.05) is 108 Å². The second-order valence-corrected chi connectivity index (χ2v) is 43.2. The summed E-state index contributed by atoms with van der Waals surface area (Å²) in [6, 6.07) is 15.4. The summed E-state index contributed by atoms with van der Waals surface area (Å²) in [6.07, 6.45) is 50.8. The summed E-state index contributed by atoms with van der Waals surface area (Å²) in [6.45, 7) is 50.1. The van der Waals surface area contributed by atoms with E-state index in [4.69, 9.17) is 61.6 Å². The van der Waals surface area contributed by atoms with Crippen molar-refractivity contribution in [1.29, 1.82) is 0 Å². The Hall–Kier alpha value is -5.60. The van der Waals surface area contributed by atoms with Gasteiger partial charge in [0.2, 0.25) is 0 Å². The van der Waals surface area contributed by atoms with Crippen LogP contribution >= 0.6 is 0 Å². The number of nitrogens with zero attached hydrogens (tertiary/aromatic N) is 4. The van der Waals surface area contributed by atoms with E-state index in [1.54, 1.807) is 49.6 Å². The van der Waals surface area contributed by atoms with Gasteiger partial charge in [-0.3, -0.25) is 19.9 Å². The zero-order valence-corrected chi connectivity index (χ0v) is 77.0. The average Bonchev–Trinajstić information content (AvgIpc) is 0.731. The largest absolute Gasteiger partial charge is 0.493 e. The minimum absolute atomic E-state index is 0.0286. The SMILES string of the molecule is C=C1CCC2[C@]3(C)CO[C@@H](C(C)C)O[C@@H]3CC[C@@]2(C)[C@@H]1CCOc1ccncc1.C=C1CCC2[C@]3(C)CO[C@@H](C4CCC4)O[C@@H]3CC[C@@]2(C)[C@@H]1CCOc1ccncc1.C=C1CCC2[C@]3(C)CO[C@@H](C4CCCCC4)O[C@@H]3CC[C@@]2(C)[C@@H]1CCOc1ccncc1.C=C1CCC2[C@]3(C)CO[C@@H](C4CCOCC4)O[C@@H]3CC[C@@]2(C)[C@@H]1CCOc1ccncc1. The molecule has 10 saturated carbocycles. The molecule has 5 aliphatic heterocycles. The third-order valence-corrected chi connectivity index (χ3v) is 35.8. The van der Waals surface area contributed by atoms with Crippen LogP contribution in [0.3, 0.4) is 0 Å². The summed E-state index contributed by atoms with van der Waals surface area (Å²) in [5, 5.41) is 0. The molecule has 4 aromatic heterocycles. The van der Waals surface area contributed by atoms with Gasteiger partial charge in [0.15, 0.2) is 25.2 Å². The van der Waals surface area contributed by atoms with Gasteiger partial charge >= 0.3 is 0 Å². The number of rotatable bonds is 20. The molecule has 19 rings (SSSR count). The van der Waals surface area contributed by atoms with E-state index in [1.165, 1.54) is 125 Å². The second kappa shape index (κ2) is 39.0. The fourth-order valence-electron chi connectivity index (χ4n) is 28.7. The summed E-state index contributed by atoms with van der Waals surface area (Å²) in [7, 11) is 0. The van der Waals surface area contributed by atoms with E-state index in [2.05, 4.69) is 115 Å². The van der Waals surface area contributed by atoms with Crippen LogP contribution in [0.25, 0.3) is 0 Å². The Morgan fingerprint density at radius 3 is 0.870 bits per heavy atom. The number of hydrogen-bond donors (Lipinski definition) is 0. The van der Waals surface area contributed by atoms with E-state index in [-0.39, 0.29) is 68.5 Å². The van der Waals surface area contributed by atoms with Crippen LogP contribution in [0, 0.1) is 114 Å². The quantitative estimate of drug-likeness (QED) is 0.0764. The smallest absolute Gasteiger partial charge is 0.160 e. The van der Waals surface area contributed by atoms with Gasteiger partial charge in [0.25, 0.3) is 0 Å². The first-order valence-electron chi connectivity index (χ1n) is 48.8. The number of aromatic nitrogens is 4. The third-order valence-electron chi connectivity index (χ3n) is 35.8. The number of pyridine rings is 4. The molecule has 5 saturated heterocycles. The van der Waals surface area contributed by atoms with Gasteiger partial charge in [-0.1, -0.05) is 144 Å². The zero-order valence-electron chi connectivity index (χ0n) is 77.0. The van der Waals surface area contributed by atoms with Crippen LogP contribution in [0.5, 0.6) is 23.0 Å². The second-order valence-electron chi connectivity index (χ2n) is 43.2. The summed E-state index contributed by atoms with van der Waals surface area (Å²) in [4.78, 5) is 16.3. The number of hydrogen-bond acceptors (Lipinski definition) is 17. The standard InChI is InChI=1S/C28H41NO3.C27H39NO4.C26H37NO3.C25H37NO3/c1-20-9-10-24-27(2,23(20)14-18-30-22-12-16-29-17-13-22)15-11-25-28(24,3)19-31-26(32-25)21-7-5-4-6-8-21;1-19-4-5-23-26(2,22(19)11-17-30-21-7-13-28-14-8-21)12-6-24-27(23,3)18-31-25(32-24)20-9-15-29-16-10-20;1-18-7-8-22-25(2,21(18)12-16-28-20-10-14-27-15-11-20)13-9-23-26(22,3)17-29-24(30-23)19-5-4-6-19;1-17(2)23-28-16-25(5)21-7-6-18(3)20(24(21,4)12-8-22(25)29-23)11-15-27-19-9-13-26-14-10-19/h12-13,16-17,21,23-26H,1,4-11,14-15,18-19H2,2-3H3;7-8,13-14,20,22-25H,1,4-6,9-12,15-18H2,2-3H3;10-11,14-15,19,21-24H,1,4-9,12-13,16-17H2,2-3H3;9-10,13-14,17,20-23H,3,6-8,11-12,15-16H2,1-2,4-5H3/t23-,24?,25-,26-,27+,28+;22-,23?,24-,25-,26+,27+;21-,22?,23-,24-,25+,26+;20-,21?,22-,23-,24+,25+/m1111/s1. The molecule has 9 heterocycles. The molecule has 676 valence electrons. The molecular weight excluding hydrogens is 1540 g/mol. The molecule has 4 aromatic rings. The van der Waals surface area contributed by atoms with E-state index in [0.717, 1.165) is 179 Å². The van der Waals surface area contributed by atoms with Crippen molar-refractivity contribution < 1.29 is 61.6 Å². The predicted molar refractivity (Wildman–Crippen MR) is 481 cm³/mol. The van der Waals surface area contributed by atoms with Crippen molar-refractivity contribution in [3.8, 4) is 23.0 Å². The van der Waals surface area contributed by atoms with Gasteiger partial charge in [-0.15, -0.1) is 0 Å². The fraction of sp³-hybridized carbons (Fsp3) is 0.736. The molecule has 15 fully saturated rings. The van der Waals surface area contributed by atoms with Crippen molar-refractivity contribution in [3.05, 3.63) is 147 Å². The molecule has 123 heavy (non-hydrogen) atoms. The van der Waals surface area contributed by atoms with Crippen LogP contribution in [0.1, 0.15) is 262 Å². The van der Waals surface area contributed by atoms with Gasteiger partial charge in [-0.05, 0) is 284 Å². The zero-order chi connectivity index (χ0) is 85.8. The summed E-state index contributed by atoms with van der Waals surface area (Å²) < 4.78 is 81.8.